The highest BCUT2D eigenvalue weighted by molar-refractivity contribution is 7.93. The van der Waals surface area contributed by atoms with Crippen LogP contribution in [0.25, 0.3) is 17.1 Å². The molecule has 0 aliphatic rings. The molecule has 4 rings (SSSR count). The number of ether oxygens (including phenoxy) is 2. The number of halogens is 1. The highest BCUT2D eigenvalue weighted by Gasteiger charge is 2.32. The Labute approximate surface area is 212 Å². The number of aromatic nitrogens is 7. The fourth-order valence-corrected chi connectivity index (χ4v) is 4.82. The second-order valence-electron chi connectivity index (χ2n) is 7.70. The first-order valence-electron chi connectivity index (χ1n) is 10.7. The van der Waals surface area contributed by atoms with Crippen molar-refractivity contribution in [2.24, 2.45) is 0 Å². The molecule has 188 valence electrons. The molecule has 0 aliphatic carbocycles. The maximum atomic E-state index is 13.5. The van der Waals surface area contributed by atoms with E-state index in [1.54, 1.807) is 44.4 Å². The summed E-state index contributed by atoms with van der Waals surface area (Å²) >= 11 is 5.82. The quantitative estimate of drug-likeness (QED) is 0.342. The predicted molar refractivity (Wildman–Crippen MR) is 133 cm³/mol. The first-order valence-corrected chi connectivity index (χ1v) is 12.6. The number of sulfonamides is 1. The number of methoxy groups -OCH3 is 2. The smallest absolute Gasteiger partial charge is 0.243 e. The van der Waals surface area contributed by atoms with Gasteiger partial charge in [-0.1, -0.05) is 18.5 Å². The maximum absolute atomic E-state index is 13.5. The van der Waals surface area contributed by atoms with Gasteiger partial charge in [0.15, 0.2) is 11.5 Å². The summed E-state index contributed by atoms with van der Waals surface area (Å²) < 4.78 is 41.9. The van der Waals surface area contributed by atoms with Gasteiger partial charge in [-0.05, 0) is 19.1 Å². The van der Waals surface area contributed by atoms with Crippen molar-refractivity contribution >= 4 is 27.6 Å². The second-order valence-corrected chi connectivity index (χ2v) is 10.1. The standard InChI is InChI=1S/C22H23ClN8O4S/c1-13(16-11-27-18(23)12-26-16)14(2)36(32,33)30-22-29-28-20(15-6-5-8-24-10-15)31(22)19-17(34-3)7-9-25-21(19)35-4/h5-14H,1-4H3,(H,29,30)/t13-,14-/m1/s1. The number of nitrogens with one attached hydrogen (secondary N) is 1. The summed E-state index contributed by atoms with van der Waals surface area (Å²) in [7, 11) is -1.08. The Bertz CT molecular complexity index is 1430. The van der Waals surface area contributed by atoms with Crippen molar-refractivity contribution in [2.75, 3.05) is 18.9 Å². The van der Waals surface area contributed by atoms with Crippen LogP contribution in [-0.4, -0.2) is 62.6 Å². The number of rotatable bonds is 9. The third kappa shape index (κ3) is 4.93. The van der Waals surface area contributed by atoms with Gasteiger partial charge in [-0.15, -0.1) is 10.2 Å². The fourth-order valence-electron chi connectivity index (χ4n) is 3.47. The van der Waals surface area contributed by atoms with Gasteiger partial charge in [0, 0.05) is 36.1 Å². The van der Waals surface area contributed by atoms with Crippen molar-refractivity contribution in [2.45, 2.75) is 25.0 Å². The van der Waals surface area contributed by atoms with Crippen molar-refractivity contribution in [3.8, 4) is 28.7 Å². The zero-order chi connectivity index (χ0) is 25.9. The molecular weight excluding hydrogens is 508 g/mol. The van der Waals surface area contributed by atoms with Crippen LogP contribution in [0.1, 0.15) is 25.5 Å². The van der Waals surface area contributed by atoms with Gasteiger partial charge in [-0.25, -0.2) is 18.4 Å². The molecule has 4 aromatic rings. The second kappa shape index (κ2) is 10.4. The lowest BCUT2D eigenvalue weighted by Crippen LogP contribution is -2.31. The van der Waals surface area contributed by atoms with Crippen LogP contribution in [0.4, 0.5) is 5.95 Å². The average Bonchev–Trinajstić information content (AvgIpc) is 3.30. The Morgan fingerprint density at radius 2 is 1.81 bits per heavy atom. The third-order valence-electron chi connectivity index (χ3n) is 5.61. The number of anilines is 1. The van der Waals surface area contributed by atoms with Gasteiger partial charge in [0.1, 0.15) is 10.9 Å². The molecular formula is C22H23ClN8O4S. The van der Waals surface area contributed by atoms with E-state index in [2.05, 4.69) is 34.9 Å². The van der Waals surface area contributed by atoms with Gasteiger partial charge in [0.25, 0.3) is 0 Å². The normalized spacial score (nSPS) is 13.1. The van der Waals surface area contributed by atoms with E-state index < -0.39 is 21.2 Å². The molecule has 4 aromatic heterocycles. The van der Waals surface area contributed by atoms with Crippen LogP contribution in [-0.2, 0) is 10.0 Å². The summed E-state index contributed by atoms with van der Waals surface area (Å²) in [6, 6.07) is 5.12. The Hall–Kier alpha value is -3.84. The summed E-state index contributed by atoms with van der Waals surface area (Å²) in [5.41, 5.74) is 1.37. The molecule has 12 nitrogen and oxygen atoms in total. The maximum Gasteiger partial charge on any atom is 0.243 e. The van der Waals surface area contributed by atoms with Crippen LogP contribution in [0.3, 0.4) is 0 Å². The molecule has 0 saturated carbocycles. The van der Waals surface area contributed by atoms with E-state index in [4.69, 9.17) is 21.1 Å². The van der Waals surface area contributed by atoms with Crippen molar-refractivity contribution in [1.82, 2.24) is 34.7 Å². The van der Waals surface area contributed by atoms with Crippen molar-refractivity contribution in [1.29, 1.82) is 0 Å². The Balaban J connectivity index is 1.81. The first-order chi connectivity index (χ1) is 17.3. The summed E-state index contributed by atoms with van der Waals surface area (Å²) in [6.07, 6.45) is 7.53. The number of hydrogen-bond acceptors (Lipinski definition) is 10. The van der Waals surface area contributed by atoms with Gasteiger partial charge in [0.2, 0.25) is 21.9 Å². The molecule has 14 heteroatoms. The Morgan fingerprint density at radius 1 is 1.00 bits per heavy atom. The van der Waals surface area contributed by atoms with Crippen LogP contribution in [0.5, 0.6) is 11.6 Å². The van der Waals surface area contributed by atoms with Gasteiger partial charge >= 0.3 is 0 Å². The van der Waals surface area contributed by atoms with E-state index in [1.165, 1.54) is 37.4 Å². The molecule has 0 saturated heterocycles. The van der Waals surface area contributed by atoms with E-state index >= 15 is 0 Å². The molecule has 1 N–H and O–H groups in total. The largest absolute Gasteiger partial charge is 0.494 e. The average molecular weight is 531 g/mol. The van der Waals surface area contributed by atoms with Gasteiger partial charge in [0.05, 0.1) is 37.6 Å². The third-order valence-corrected chi connectivity index (χ3v) is 7.66. The number of pyridine rings is 2. The molecule has 0 spiro atoms. The molecule has 0 bridgehead atoms. The predicted octanol–water partition coefficient (Wildman–Crippen LogP) is 3.12. The Morgan fingerprint density at radius 3 is 2.44 bits per heavy atom. The van der Waals surface area contributed by atoms with E-state index in [1.807, 2.05) is 0 Å². The van der Waals surface area contributed by atoms with E-state index in [0.29, 0.717) is 28.5 Å². The molecule has 0 fully saturated rings. The number of nitrogens with zero attached hydrogens (tertiary/aromatic N) is 7. The molecule has 4 heterocycles. The van der Waals surface area contributed by atoms with Crippen molar-refractivity contribution < 1.29 is 17.9 Å². The van der Waals surface area contributed by atoms with E-state index in [9.17, 15) is 8.42 Å². The molecule has 0 aliphatic heterocycles. The minimum absolute atomic E-state index is 0.0836. The summed E-state index contributed by atoms with van der Waals surface area (Å²) in [4.78, 5) is 16.6. The topological polar surface area (TPSA) is 147 Å². The summed E-state index contributed by atoms with van der Waals surface area (Å²) in [6.45, 7) is 3.30. The van der Waals surface area contributed by atoms with Crippen LogP contribution in [0, 0.1) is 0 Å². The van der Waals surface area contributed by atoms with E-state index in [0.717, 1.165) is 0 Å². The van der Waals surface area contributed by atoms with Crippen LogP contribution in [0.2, 0.25) is 5.15 Å². The minimum atomic E-state index is -4.00. The monoisotopic (exact) mass is 530 g/mol. The van der Waals surface area contributed by atoms with Gasteiger partial charge in [-0.3, -0.25) is 19.3 Å². The lowest BCUT2D eigenvalue weighted by molar-refractivity contribution is 0.379. The molecule has 2 atom stereocenters. The Kier molecular flexibility index (Phi) is 7.31. The molecule has 0 unspecified atom stereocenters. The van der Waals surface area contributed by atoms with Crippen molar-refractivity contribution in [3.05, 3.63) is 60.0 Å². The highest BCUT2D eigenvalue weighted by Crippen LogP contribution is 2.36. The minimum Gasteiger partial charge on any atom is -0.494 e. The fraction of sp³-hybridized carbons (Fsp3) is 0.273. The van der Waals surface area contributed by atoms with Crippen molar-refractivity contribution in [3.63, 3.8) is 0 Å². The molecule has 0 radical (unpaired) electrons. The molecule has 0 amide bonds. The van der Waals surface area contributed by atoms with Crippen LogP contribution < -0.4 is 14.2 Å². The lowest BCUT2D eigenvalue weighted by Gasteiger charge is -2.21. The van der Waals surface area contributed by atoms with Crippen LogP contribution in [0.15, 0.2) is 49.2 Å². The SMILES string of the molecule is COc1ccnc(OC)c1-n1c(NS(=O)(=O)[C@H](C)[C@@H](C)c2cnc(Cl)cn2)nnc1-c1cccnc1. The summed E-state index contributed by atoms with van der Waals surface area (Å²) in [5, 5.41) is 7.68. The highest BCUT2D eigenvalue weighted by atomic mass is 35.5. The number of hydrogen-bond donors (Lipinski definition) is 1. The zero-order valence-corrected chi connectivity index (χ0v) is 21.4. The van der Waals surface area contributed by atoms with Gasteiger partial charge < -0.3 is 9.47 Å². The first kappa shape index (κ1) is 25.3. The lowest BCUT2D eigenvalue weighted by atomic mass is 10.1. The zero-order valence-electron chi connectivity index (χ0n) is 19.8. The van der Waals surface area contributed by atoms with Gasteiger partial charge in [-0.2, -0.15) is 0 Å². The van der Waals surface area contributed by atoms with E-state index in [-0.39, 0.29) is 17.0 Å². The van der Waals surface area contributed by atoms with Crippen LogP contribution >= 0.6 is 11.6 Å². The summed E-state index contributed by atoms with van der Waals surface area (Å²) in [5.74, 6) is 0.251. The molecule has 0 aromatic carbocycles. The molecule has 36 heavy (non-hydrogen) atoms.